The van der Waals surface area contributed by atoms with E-state index in [-0.39, 0.29) is 29.8 Å². The predicted molar refractivity (Wildman–Crippen MR) is 99.8 cm³/mol. The van der Waals surface area contributed by atoms with E-state index < -0.39 is 24.7 Å². The maximum atomic E-state index is 12.1. The van der Waals surface area contributed by atoms with Crippen molar-refractivity contribution in [3.63, 3.8) is 0 Å². The van der Waals surface area contributed by atoms with Gasteiger partial charge in [-0.2, -0.15) is 24.9 Å². The van der Waals surface area contributed by atoms with Crippen LogP contribution in [-0.4, -0.2) is 45.2 Å². The fourth-order valence-corrected chi connectivity index (χ4v) is 4.88. The highest BCUT2D eigenvalue weighted by Crippen LogP contribution is 2.36. The monoisotopic (exact) mass is 412 g/mol. The van der Waals surface area contributed by atoms with E-state index in [9.17, 15) is 27.9 Å². The summed E-state index contributed by atoms with van der Waals surface area (Å²) in [6.07, 6.45) is 0.834. The van der Waals surface area contributed by atoms with E-state index in [1.54, 1.807) is 11.8 Å². The number of unbranched alkanes of at least 4 members (excludes halogenated alkanes) is 4. The van der Waals surface area contributed by atoms with E-state index in [2.05, 4.69) is 0 Å². The number of ketones is 1. The van der Waals surface area contributed by atoms with E-state index >= 15 is 0 Å². The van der Waals surface area contributed by atoms with Crippen molar-refractivity contribution in [2.45, 2.75) is 94.6 Å². The number of hydrogen-bond acceptors (Lipinski definition) is 4. The molecule has 1 saturated carbocycles. The van der Waals surface area contributed by atoms with Crippen LogP contribution in [0.5, 0.6) is 0 Å². The van der Waals surface area contributed by atoms with Crippen LogP contribution in [0.25, 0.3) is 0 Å². The standard InChI is InChI=1S/C19H31F3O4S/c20-19(21,22)12-6-5-7-14(23)13-27-17-11-10-16(24)15(17)8-3-1-2-4-9-18(25)26/h14-15,17,23H,1-13H2,(H,25,26). The van der Waals surface area contributed by atoms with Crippen LogP contribution in [0.15, 0.2) is 0 Å². The number of carbonyl (C=O) groups is 2. The first kappa shape index (κ1) is 24.3. The number of alkyl halides is 3. The molecule has 0 bridgehead atoms. The molecule has 0 radical (unpaired) electrons. The fraction of sp³-hybridized carbons (Fsp3) is 0.895. The summed E-state index contributed by atoms with van der Waals surface area (Å²) in [7, 11) is 0. The van der Waals surface area contributed by atoms with Crippen LogP contribution in [0.3, 0.4) is 0 Å². The van der Waals surface area contributed by atoms with Crippen molar-refractivity contribution in [3.05, 3.63) is 0 Å². The zero-order chi connectivity index (χ0) is 20.3. The quantitative estimate of drug-likeness (QED) is 0.394. The van der Waals surface area contributed by atoms with Gasteiger partial charge < -0.3 is 10.2 Å². The van der Waals surface area contributed by atoms with Gasteiger partial charge in [-0.15, -0.1) is 0 Å². The molecule has 0 amide bonds. The molecule has 0 heterocycles. The molecular formula is C19H31F3O4S. The molecule has 0 aliphatic heterocycles. The summed E-state index contributed by atoms with van der Waals surface area (Å²) in [5, 5.41) is 18.8. The molecule has 3 unspecified atom stereocenters. The number of aliphatic carboxylic acids is 1. The average molecular weight is 413 g/mol. The molecule has 8 heteroatoms. The van der Waals surface area contributed by atoms with Crippen molar-refractivity contribution >= 4 is 23.5 Å². The Morgan fingerprint density at radius 1 is 1.15 bits per heavy atom. The Bertz CT molecular complexity index is 457. The highest BCUT2D eigenvalue weighted by atomic mass is 32.2. The summed E-state index contributed by atoms with van der Waals surface area (Å²) in [6, 6.07) is 0. The first-order valence-electron chi connectivity index (χ1n) is 9.80. The van der Waals surface area contributed by atoms with Gasteiger partial charge in [-0.05, 0) is 32.1 Å². The number of rotatable bonds is 14. The lowest BCUT2D eigenvalue weighted by molar-refractivity contribution is -0.137. The van der Waals surface area contributed by atoms with Gasteiger partial charge >= 0.3 is 12.1 Å². The molecule has 1 aliphatic carbocycles. The van der Waals surface area contributed by atoms with Crippen molar-refractivity contribution in [1.29, 1.82) is 0 Å². The van der Waals surface area contributed by atoms with Crippen molar-refractivity contribution in [2.24, 2.45) is 5.92 Å². The molecule has 1 fully saturated rings. The molecule has 27 heavy (non-hydrogen) atoms. The Hall–Kier alpha value is -0.760. The second-order valence-electron chi connectivity index (χ2n) is 7.34. The van der Waals surface area contributed by atoms with E-state index in [4.69, 9.17) is 5.11 Å². The largest absolute Gasteiger partial charge is 0.481 e. The van der Waals surface area contributed by atoms with Crippen molar-refractivity contribution in [3.8, 4) is 0 Å². The Morgan fingerprint density at radius 2 is 1.85 bits per heavy atom. The number of hydrogen-bond donors (Lipinski definition) is 2. The highest BCUT2D eigenvalue weighted by Gasteiger charge is 2.34. The lowest BCUT2D eigenvalue weighted by Gasteiger charge is -2.20. The molecular weight excluding hydrogens is 381 g/mol. The molecule has 158 valence electrons. The van der Waals surface area contributed by atoms with E-state index in [1.165, 1.54) is 0 Å². The summed E-state index contributed by atoms with van der Waals surface area (Å²) >= 11 is 1.57. The zero-order valence-corrected chi connectivity index (χ0v) is 16.5. The van der Waals surface area contributed by atoms with Crippen molar-refractivity contribution < 1.29 is 33.0 Å². The van der Waals surface area contributed by atoms with Gasteiger partial charge in [0, 0.05) is 36.2 Å². The van der Waals surface area contributed by atoms with Crippen LogP contribution >= 0.6 is 11.8 Å². The van der Waals surface area contributed by atoms with Crippen LogP contribution in [-0.2, 0) is 9.59 Å². The van der Waals surface area contributed by atoms with Crippen LogP contribution in [0, 0.1) is 5.92 Å². The summed E-state index contributed by atoms with van der Waals surface area (Å²) in [6.45, 7) is 0. The minimum absolute atomic E-state index is 0.00750. The second-order valence-corrected chi connectivity index (χ2v) is 8.62. The smallest absolute Gasteiger partial charge is 0.389 e. The number of thioether (sulfide) groups is 1. The topological polar surface area (TPSA) is 74.6 Å². The van der Waals surface area contributed by atoms with Crippen LogP contribution in [0.1, 0.15) is 77.0 Å². The Kier molecular flexibility index (Phi) is 11.4. The van der Waals surface area contributed by atoms with Gasteiger partial charge in [-0.1, -0.05) is 25.7 Å². The third kappa shape index (κ3) is 11.6. The lowest BCUT2D eigenvalue weighted by Crippen LogP contribution is -2.20. The van der Waals surface area contributed by atoms with Gasteiger partial charge in [0.05, 0.1) is 6.10 Å². The summed E-state index contributed by atoms with van der Waals surface area (Å²) in [5.74, 6) is -0.0713. The highest BCUT2D eigenvalue weighted by molar-refractivity contribution is 8.00. The van der Waals surface area contributed by atoms with Crippen molar-refractivity contribution in [2.75, 3.05) is 5.75 Å². The predicted octanol–water partition coefficient (Wildman–Crippen LogP) is 4.98. The summed E-state index contributed by atoms with van der Waals surface area (Å²) in [5.41, 5.74) is 0. The molecule has 3 atom stereocenters. The Morgan fingerprint density at radius 3 is 2.52 bits per heavy atom. The molecule has 0 spiro atoms. The third-order valence-electron chi connectivity index (χ3n) is 4.94. The maximum Gasteiger partial charge on any atom is 0.389 e. The van der Waals surface area contributed by atoms with Gasteiger partial charge in [0.2, 0.25) is 0 Å². The van der Waals surface area contributed by atoms with Gasteiger partial charge in [0.15, 0.2) is 0 Å². The van der Waals surface area contributed by atoms with Gasteiger partial charge in [-0.3, -0.25) is 9.59 Å². The third-order valence-corrected chi connectivity index (χ3v) is 6.51. The Labute approximate surface area is 163 Å². The van der Waals surface area contributed by atoms with Gasteiger partial charge in [0.25, 0.3) is 0 Å². The number of halogens is 3. The molecule has 2 N–H and O–H groups in total. The SMILES string of the molecule is O=C(O)CCCCCCC1C(=O)CCC1SCC(O)CCCCC(F)(F)F. The summed E-state index contributed by atoms with van der Waals surface area (Å²) < 4.78 is 36.3. The zero-order valence-electron chi connectivity index (χ0n) is 15.7. The number of carboxylic acid groups (broad SMARTS) is 1. The minimum atomic E-state index is -4.13. The molecule has 0 aromatic rings. The number of aliphatic hydroxyl groups excluding tert-OH is 1. The number of carboxylic acids is 1. The first-order chi connectivity index (χ1) is 12.7. The van der Waals surface area contributed by atoms with Crippen LogP contribution < -0.4 is 0 Å². The number of Topliss-reactive ketones (excluding diaryl/α,β-unsaturated/α-hetero) is 1. The molecule has 0 aromatic heterocycles. The van der Waals surface area contributed by atoms with E-state index in [0.29, 0.717) is 31.4 Å². The Balaban J connectivity index is 2.18. The van der Waals surface area contributed by atoms with Gasteiger partial charge in [-0.25, -0.2) is 0 Å². The number of carbonyl (C=O) groups excluding carboxylic acids is 1. The molecule has 0 aromatic carbocycles. The average Bonchev–Trinajstić information content (AvgIpc) is 2.92. The normalized spacial score (nSPS) is 21.6. The maximum absolute atomic E-state index is 12.1. The van der Waals surface area contributed by atoms with Crippen LogP contribution in [0.2, 0.25) is 0 Å². The minimum Gasteiger partial charge on any atom is -0.481 e. The fourth-order valence-electron chi connectivity index (χ4n) is 3.44. The summed E-state index contributed by atoms with van der Waals surface area (Å²) in [4.78, 5) is 22.5. The molecule has 1 aliphatic rings. The molecule has 1 rings (SSSR count). The lowest BCUT2D eigenvalue weighted by atomic mass is 9.98. The van der Waals surface area contributed by atoms with E-state index in [1.807, 2.05) is 0 Å². The first-order valence-corrected chi connectivity index (χ1v) is 10.8. The van der Waals surface area contributed by atoms with Crippen LogP contribution in [0.4, 0.5) is 13.2 Å². The molecule has 4 nitrogen and oxygen atoms in total. The number of aliphatic hydroxyl groups is 1. The molecule has 0 saturated heterocycles. The van der Waals surface area contributed by atoms with Gasteiger partial charge in [0.1, 0.15) is 5.78 Å². The van der Waals surface area contributed by atoms with Crippen molar-refractivity contribution in [1.82, 2.24) is 0 Å². The second kappa shape index (κ2) is 12.6. The van der Waals surface area contributed by atoms with E-state index in [0.717, 1.165) is 32.1 Å².